The maximum absolute atomic E-state index is 12.5. The Hall–Kier alpha value is -1.40. The Morgan fingerprint density at radius 3 is 2.88 bits per heavy atom. The summed E-state index contributed by atoms with van der Waals surface area (Å²) in [5.74, 6) is 0.860. The molecule has 1 aliphatic heterocycles. The van der Waals surface area contributed by atoms with Crippen LogP contribution in [0.1, 0.15) is 18.4 Å². The zero-order valence-electron chi connectivity index (χ0n) is 17.4. The van der Waals surface area contributed by atoms with E-state index in [1.54, 1.807) is 6.08 Å². The van der Waals surface area contributed by atoms with Crippen molar-refractivity contribution in [2.45, 2.75) is 31.0 Å². The number of nitrogens with one attached hydrogen (secondary N) is 1. The molecule has 2 atom stereocenters. The SMILES string of the molecule is COC1=C(Br)[C@H](O)[C@@]2(C=C1Br)CC(C(=O)NCCCOc1ccc(CCN)cc1Br)=NO2. The van der Waals surface area contributed by atoms with Gasteiger partial charge in [-0.15, -0.1) is 0 Å². The Morgan fingerprint density at radius 2 is 2.19 bits per heavy atom. The summed E-state index contributed by atoms with van der Waals surface area (Å²) in [7, 11) is 1.50. The van der Waals surface area contributed by atoms with Crippen LogP contribution in [0.25, 0.3) is 0 Å². The van der Waals surface area contributed by atoms with E-state index in [0.717, 1.165) is 22.2 Å². The van der Waals surface area contributed by atoms with Gasteiger partial charge in [0.05, 0.1) is 27.2 Å². The predicted molar refractivity (Wildman–Crippen MR) is 132 cm³/mol. The first kappa shape index (κ1) is 25.2. The molecule has 1 amide bonds. The monoisotopic (exact) mass is 635 g/mol. The van der Waals surface area contributed by atoms with Crippen molar-refractivity contribution in [3.05, 3.63) is 49.0 Å². The molecule has 32 heavy (non-hydrogen) atoms. The lowest BCUT2D eigenvalue weighted by molar-refractivity contribution is -0.114. The topological polar surface area (TPSA) is 115 Å². The van der Waals surface area contributed by atoms with Gasteiger partial charge in [0.2, 0.25) is 0 Å². The second-order valence-electron chi connectivity index (χ2n) is 7.30. The number of rotatable bonds is 9. The number of carbonyl (C=O) groups is 1. The van der Waals surface area contributed by atoms with Crippen molar-refractivity contribution >= 4 is 59.4 Å². The number of oxime groups is 1. The van der Waals surface area contributed by atoms with Crippen LogP contribution in [0.15, 0.2) is 48.6 Å². The second kappa shape index (κ2) is 11.1. The molecule has 1 heterocycles. The quantitative estimate of drug-likeness (QED) is 0.358. The van der Waals surface area contributed by atoms with E-state index in [1.807, 2.05) is 18.2 Å². The van der Waals surface area contributed by atoms with Crippen molar-refractivity contribution in [3.63, 3.8) is 0 Å². The Balaban J connectivity index is 1.45. The van der Waals surface area contributed by atoms with Gasteiger partial charge in [0, 0.05) is 13.0 Å². The third-order valence-corrected chi connectivity index (χ3v) is 7.04. The molecule has 1 aliphatic carbocycles. The summed E-state index contributed by atoms with van der Waals surface area (Å²) in [6, 6.07) is 5.88. The predicted octanol–water partition coefficient (Wildman–Crippen LogP) is 3.26. The first-order valence-electron chi connectivity index (χ1n) is 9.96. The molecule has 0 saturated heterocycles. The lowest BCUT2D eigenvalue weighted by atomic mass is 9.87. The molecular weight excluding hydrogens is 614 g/mol. The molecule has 8 nitrogen and oxygen atoms in total. The molecule has 1 aromatic carbocycles. The fraction of sp³-hybridized carbons (Fsp3) is 0.429. The third kappa shape index (κ3) is 5.56. The number of benzene rings is 1. The zero-order chi connectivity index (χ0) is 23.3. The molecule has 3 rings (SSSR count). The van der Waals surface area contributed by atoms with Crippen LogP contribution in [-0.2, 0) is 20.8 Å². The third-order valence-electron chi connectivity index (χ3n) is 5.04. The second-order valence-corrected chi connectivity index (χ2v) is 9.86. The molecule has 4 N–H and O–H groups in total. The Morgan fingerprint density at radius 1 is 1.41 bits per heavy atom. The van der Waals surface area contributed by atoms with E-state index in [9.17, 15) is 9.90 Å². The molecule has 2 aliphatic rings. The molecule has 0 fully saturated rings. The molecule has 0 unspecified atom stereocenters. The summed E-state index contributed by atoms with van der Waals surface area (Å²) in [6.45, 7) is 1.44. The Bertz CT molecular complexity index is 966. The molecule has 0 bridgehead atoms. The summed E-state index contributed by atoms with van der Waals surface area (Å²) >= 11 is 10.2. The molecule has 11 heteroatoms. The smallest absolute Gasteiger partial charge is 0.269 e. The van der Waals surface area contributed by atoms with Gasteiger partial charge in [-0.1, -0.05) is 11.2 Å². The minimum absolute atomic E-state index is 0.125. The number of nitrogens with zero attached hydrogens (tertiary/aromatic N) is 1. The van der Waals surface area contributed by atoms with Crippen LogP contribution < -0.4 is 15.8 Å². The van der Waals surface area contributed by atoms with Crippen LogP contribution in [0.2, 0.25) is 0 Å². The number of amides is 1. The van der Waals surface area contributed by atoms with Crippen LogP contribution in [-0.4, -0.2) is 55.2 Å². The first-order valence-corrected chi connectivity index (χ1v) is 12.3. The van der Waals surface area contributed by atoms with Gasteiger partial charge < -0.3 is 30.5 Å². The highest BCUT2D eigenvalue weighted by Crippen LogP contribution is 2.43. The number of nitrogens with two attached hydrogens (primary N) is 1. The highest BCUT2D eigenvalue weighted by Gasteiger charge is 2.50. The minimum atomic E-state index is -1.17. The number of hydrogen-bond acceptors (Lipinski definition) is 7. The highest BCUT2D eigenvalue weighted by molar-refractivity contribution is 9.12. The van der Waals surface area contributed by atoms with Gasteiger partial charge in [-0.3, -0.25) is 4.79 Å². The lowest BCUT2D eigenvalue weighted by Crippen LogP contribution is -2.45. The molecule has 0 aromatic heterocycles. The average molecular weight is 638 g/mol. The Labute approximate surface area is 211 Å². The number of aliphatic hydroxyl groups excluding tert-OH is 1. The van der Waals surface area contributed by atoms with Crippen molar-refractivity contribution in [3.8, 4) is 5.75 Å². The first-order chi connectivity index (χ1) is 15.3. The summed E-state index contributed by atoms with van der Waals surface area (Å²) in [5.41, 5.74) is 5.76. The zero-order valence-corrected chi connectivity index (χ0v) is 22.1. The van der Waals surface area contributed by atoms with Crippen molar-refractivity contribution < 1.29 is 24.2 Å². The molecular formula is C21H24Br3N3O5. The van der Waals surface area contributed by atoms with Gasteiger partial charge in [-0.2, -0.15) is 0 Å². The van der Waals surface area contributed by atoms with E-state index in [-0.39, 0.29) is 18.0 Å². The van der Waals surface area contributed by atoms with Crippen LogP contribution in [0.4, 0.5) is 0 Å². The normalized spacial score (nSPS) is 22.4. The highest BCUT2D eigenvalue weighted by atomic mass is 79.9. The Kier molecular flexibility index (Phi) is 8.79. The maximum Gasteiger partial charge on any atom is 0.269 e. The fourth-order valence-corrected chi connectivity index (χ4v) is 5.69. The standard InChI is InChI=1S/C21H24Br3N3O5/c1-30-18-14(23)10-21(19(28)17(18)24)11-15(27-32-21)20(29)26-7-2-8-31-16-4-3-12(5-6-25)9-13(16)22/h3-4,9-10,19,28H,2,5-8,11,25H2,1H3,(H,26,29)/t19-,21+/m0/s1. The van der Waals surface area contributed by atoms with Crippen molar-refractivity contribution in [1.82, 2.24) is 5.32 Å². The van der Waals surface area contributed by atoms with Gasteiger partial charge in [-0.05, 0) is 90.9 Å². The van der Waals surface area contributed by atoms with Gasteiger partial charge >= 0.3 is 0 Å². The summed E-state index contributed by atoms with van der Waals surface area (Å²) in [4.78, 5) is 18.0. The van der Waals surface area contributed by atoms with Crippen LogP contribution >= 0.6 is 47.8 Å². The van der Waals surface area contributed by atoms with Crippen LogP contribution in [0.3, 0.4) is 0 Å². The van der Waals surface area contributed by atoms with Crippen molar-refractivity contribution in [1.29, 1.82) is 0 Å². The van der Waals surface area contributed by atoms with E-state index >= 15 is 0 Å². The van der Waals surface area contributed by atoms with E-state index in [1.165, 1.54) is 7.11 Å². The molecule has 0 saturated carbocycles. The number of aliphatic hydroxyl groups is 1. The van der Waals surface area contributed by atoms with Gasteiger partial charge in [0.1, 0.15) is 23.3 Å². The van der Waals surface area contributed by atoms with E-state index < -0.39 is 11.7 Å². The lowest BCUT2D eigenvalue weighted by Gasteiger charge is -2.33. The van der Waals surface area contributed by atoms with Crippen molar-refractivity contribution in [2.24, 2.45) is 10.9 Å². The maximum atomic E-state index is 12.5. The summed E-state index contributed by atoms with van der Waals surface area (Å²) < 4.78 is 12.9. The molecule has 1 aromatic rings. The van der Waals surface area contributed by atoms with Crippen molar-refractivity contribution in [2.75, 3.05) is 26.8 Å². The summed E-state index contributed by atoms with van der Waals surface area (Å²) in [6.07, 6.45) is 2.15. The average Bonchev–Trinajstić information content (AvgIpc) is 3.18. The van der Waals surface area contributed by atoms with Crippen LogP contribution in [0.5, 0.6) is 5.75 Å². The largest absolute Gasteiger partial charge is 0.495 e. The van der Waals surface area contributed by atoms with E-state index in [2.05, 4.69) is 58.3 Å². The summed E-state index contributed by atoms with van der Waals surface area (Å²) in [5, 5.41) is 17.4. The van der Waals surface area contributed by atoms with E-state index in [0.29, 0.717) is 40.8 Å². The van der Waals surface area contributed by atoms with Gasteiger partial charge in [0.25, 0.3) is 5.91 Å². The molecule has 1 spiro atoms. The molecule has 174 valence electrons. The van der Waals surface area contributed by atoms with E-state index in [4.69, 9.17) is 20.0 Å². The number of allylic oxidation sites excluding steroid dienone is 1. The number of hydrogen-bond donors (Lipinski definition) is 3. The number of halogens is 3. The fourth-order valence-electron chi connectivity index (χ4n) is 3.36. The number of methoxy groups -OCH3 is 1. The van der Waals surface area contributed by atoms with Crippen LogP contribution in [0, 0.1) is 0 Å². The number of ether oxygens (including phenoxy) is 2. The minimum Gasteiger partial charge on any atom is -0.495 e. The number of carbonyl (C=O) groups excluding carboxylic acids is 1. The molecule has 0 radical (unpaired) electrons. The van der Waals surface area contributed by atoms with Gasteiger partial charge in [-0.25, -0.2) is 0 Å². The van der Waals surface area contributed by atoms with Gasteiger partial charge in [0.15, 0.2) is 5.60 Å².